The summed E-state index contributed by atoms with van der Waals surface area (Å²) in [6.07, 6.45) is 3.13. The molecule has 19 heavy (non-hydrogen) atoms. The first-order chi connectivity index (χ1) is 9.33. The van der Waals surface area contributed by atoms with Gasteiger partial charge in [0, 0.05) is 17.1 Å². The van der Waals surface area contributed by atoms with Gasteiger partial charge in [-0.05, 0) is 24.3 Å². The molecule has 3 rings (SSSR count). The molecule has 0 spiro atoms. The molecule has 3 nitrogen and oxygen atoms in total. The molecule has 0 aliphatic carbocycles. The molecule has 0 N–H and O–H groups in total. The van der Waals surface area contributed by atoms with Gasteiger partial charge in [-0.3, -0.25) is 4.98 Å². The predicted molar refractivity (Wildman–Crippen MR) is 70.3 cm³/mol. The first-order valence-electron chi connectivity index (χ1n) is 5.90. The van der Waals surface area contributed by atoms with Crippen LogP contribution in [0.5, 0.6) is 5.75 Å². The number of nitrogens with zero attached hydrogens (tertiary/aromatic N) is 2. The molecule has 0 unspecified atom stereocenters. The summed E-state index contributed by atoms with van der Waals surface area (Å²) < 4.78 is 18.3. The smallest absolute Gasteiger partial charge is 0.213 e. The Hall–Kier alpha value is -2.49. The van der Waals surface area contributed by atoms with Gasteiger partial charge in [-0.25, -0.2) is 4.98 Å². The van der Waals surface area contributed by atoms with Gasteiger partial charge in [0.15, 0.2) is 0 Å². The number of pyridine rings is 2. The number of rotatable bonds is 3. The van der Waals surface area contributed by atoms with E-state index >= 15 is 0 Å². The summed E-state index contributed by atoms with van der Waals surface area (Å²) in [5.74, 6) is 0.0315. The molecule has 0 atom stereocenters. The van der Waals surface area contributed by atoms with Crippen molar-refractivity contribution in [2.24, 2.45) is 0 Å². The molecule has 0 amide bonds. The van der Waals surface area contributed by atoms with Crippen molar-refractivity contribution < 1.29 is 9.13 Å². The van der Waals surface area contributed by atoms with E-state index in [9.17, 15) is 4.39 Å². The zero-order valence-corrected chi connectivity index (χ0v) is 10.1. The van der Waals surface area contributed by atoms with Crippen molar-refractivity contribution in [2.45, 2.75) is 6.61 Å². The van der Waals surface area contributed by atoms with E-state index in [0.717, 1.165) is 16.5 Å². The lowest BCUT2D eigenvalue weighted by molar-refractivity contribution is 0.305. The Balaban J connectivity index is 1.84. The van der Waals surface area contributed by atoms with Gasteiger partial charge < -0.3 is 4.74 Å². The number of halogens is 1. The maximum atomic E-state index is 12.7. The largest absolute Gasteiger partial charge is 0.487 e. The van der Waals surface area contributed by atoms with E-state index in [0.29, 0.717) is 12.4 Å². The van der Waals surface area contributed by atoms with Gasteiger partial charge in [0.05, 0.1) is 11.7 Å². The number of hydrogen-bond donors (Lipinski definition) is 0. The molecule has 4 heteroatoms. The third kappa shape index (κ3) is 2.52. The third-order valence-corrected chi connectivity index (χ3v) is 2.83. The van der Waals surface area contributed by atoms with Crippen molar-refractivity contribution in [3.63, 3.8) is 0 Å². The van der Waals surface area contributed by atoms with Crippen LogP contribution >= 0.6 is 0 Å². The van der Waals surface area contributed by atoms with Crippen LogP contribution in [0.15, 0.2) is 54.9 Å². The number of fused-ring (bicyclic) bond motifs is 1. The minimum atomic E-state index is -0.512. The molecular formula is C15H11FN2O. The molecule has 0 radical (unpaired) electrons. The van der Waals surface area contributed by atoms with Gasteiger partial charge in [-0.1, -0.05) is 18.2 Å². The number of hydrogen-bond acceptors (Lipinski definition) is 3. The van der Waals surface area contributed by atoms with E-state index < -0.39 is 5.95 Å². The predicted octanol–water partition coefficient (Wildman–Crippen LogP) is 3.35. The Morgan fingerprint density at radius 3 is 2.74 bits per heavy atom. The lowest BCUT2D eigenvalue weighted by Gasteiger charge is -2.08. The lowest BCUT2D eigenvalue weighted by atomic mass is 10.1. The van der Waals surface area contributed by atoms with E-state index in [1.54, 1.807) is 12.3 Å². The molecule has 1 aromatic carbocycles. The van der Waals surface area contributed by atoms with Crippen LogP contribution in [0.25, 0.3) is 10.9 Å². The monoisotopic (exact) mass is 254 g/mol. The highest BCUT2D eigenvalue weighted by atomic mass is 19.1. The number of aromatic nitrogens is 2. The van der Waals surface area contributed by atoms with E-state index in [1.165, 1.54) is 12.3 Å². The third-order valence-electron chi connectivity index (χ3n) is 2.83. The van der Waals surface area contributed by atoms with Crippen molar-refractivity contribution in [1.29, 1.82) is 0 Å². The van der Waals surface area contributed by atoms with Crippen LogP contribution in [0.2, 0.25) is 0 Å². The van der Waals surface area contributed by atoms with Crippen molar-refractivity contribution in [3.05, 3.63) is 66.4 Å². The number of benzene rings is 1. The summed E-state index contributed by atoms with van der Waals surface area (Å²) in [5, 5.41) is 1.06. The highest BCUT2D eigenvalue weighted by Crippen LogP contribution is 2.18. The quantitative estimate of drug-likeness (QED) is 0.672. The molecule has 3 aromatic rings. The summed E-state index contributed by atoms with van der Waals surface area (Å²) >= 11 is 0. The lowest BCUT2D eigenvalue weighted by Crippen LogP contribution is -1.97. The summed E-state index contributed by atoms with van der Waals surface area (Å²) in [5.41, 5.74) is 1.97. The normalized spacial score (nSPS) is 10.6. The van der Waals surface area contributed by atoms with Gasteiger partial charge in [-0.15, -0.1) is 0 Å². The van der Waals surface area contributed by atoms with Gasteiger partial charge in [0.1, 0.15) is 12.4 Å². The molecule has 0 aliphatic rings. The van der Waals surface area contributed by atoms with Crippen molar-refractivity contribution in [3.8, 4) is 5.75 Å². The van der Waals surface area contributed by atoms with E-state index in [4.69, 9.17) is 4.74 Å². The van der Waals surface area contributed by atoms with Crippen molar-refractivity contribution in [1.82, 2.24) is 9.97 Å². The molecule has 0 fully saturated rings. The summed E-state index contributed by atoms with van der Waals surface area (Å²) in [4.78, 5) is 7.84. The molecule has 0 bridgehead atoms. The minimum absolute atomic E-state index is 0.399. The fraction of sp³-hybridized carbons (Fsp3) is 0.0667. The Morgan fingerprint density at radius 2 is 1.89 bits per heavy atom. The maximum Gasteiger partial charge on any atom is 0.213 e. The molecule has 94 valence electrons. The zero-order valence-electron chi connectivity index (χ0n) is 10.1. The Kier molecular flexibility index (Phi) is 3.06. The molecule has 0 saturated heterocycles. The number of para-hydroxylation sites is 1. The van der Waals surface area contributed by atoms with Crippen LogP contribution in [-0.4, -0.2) is 9.97 Å². The Labute approximate surface area is 109 Å². The molecule has 0 saturated carbocycles. The first kappa shape index (κ1) is 11.6. The van der Waals surface area contributed by atoms with Crippen LogP contribution in [0.3, 0.4) is 0 Å². The molecule has 2 aromatic heterocycles. The summed E-state index contributed by atoms with van der Waals surface area (Å²) in [6.45, 7) is 0.399. The molecule has 2 heterocycles. The van der Waals surface area contributed by atoms with Crippen LogP contribution in [0.4, 0.5) is 4.39 Å². The number of ether oxygens (including phenoxy) is 1. The first-order valence-corrected chi connectivity index (χ1v) is 5.90. The average molecular weight is 254 g/mol. The van der Waals surface area contributed by atoms with Crippen LogP contribution < -0.4 is 4.74 Å². The standard InChI is InChI=1S/C15H11FN2O/c16-15-6-5-12(9-18-15)19-10-11-7-8-17-14-4-2-1-3-13(11)14/h1-9H,10H2. The average Bonchev–Trinajstić information content (AvgIpc) is 2.47. The van der Waals surface area contributed by atoms with Gasteiger partial charge >= 0.3 is 0 Å². The highest BCUT2D eigenvalue weighted by Gasteiger charge is 2.02. The maximum absolute atomic E-state index is 12.7. The van der Waals surface area contributed by atoms with E-state index in [2.05, 4.69) is 9.97 Å². The summed E-state index contributed by atoms with van der Waals surface area (Å²) in [7, 11) is 0. The van der Waals surface area contributed by atoms with E-state index in [1.807, 2.05) is 30.3 Å². The van der Waals surface area contributed by atoms with Crippen LogP contribution in [-0.2, 0) is 6.61 Å². The zero-order chi connectivity index (χ0) is 13.1. The van der Waals surface area contributed by atoms with Crippen LogP contribution in [0, 0.1) is 5.95 Å². The summed E-state index contributed by atoms with van der Waals surface area (Å²) in [6, 6.07) is 12.6. The fourth-order valence-electron chi connectivity index (χ4n) is 1.89. The SMILES string of the molecule is Fc1ccc(OCc2ccnc3ccccc23)cn1. The van der Waals surface area contributed by atoms with Crippen molar-refractivity contribution in [2.75, 3.05) is 0 Å². The second-order valence-corrected chi connectivity index (χ2v) is 4.09. The van der Waals surface area contributed by atoms with Crippen molar-refractivity contribution >= 4 is 10.9 Å². The topological polar surface area (TPSA) is 35.0 Å². The van der Waals surface area contributed by atoms with Crippen LogP contribution in [0.1, 0.15) is 5.56 Å². The Bertz CT molecular complexity index is 693. The van der Waals surface area contributed by atoms with Gasteiger partial charge in [-0.2, -0.15) is 4.39 Å². The van der Waals surface area contributed by atoms with Gasteiger partial charge in [0.25, 0.3) is 0 Å². The second-order valence-electron chi connectivity index (χ2n) is 4.09. The minimum Gasteiger partial charge on any atom is -0.487 e. The van der Waals surface area contributed by atoms with Gasteiger partial charge in [0.2, 0.25) is 5.95 Å². The molecular weight excluding hydrogens is 243 g/mol. The fourth-order valence-corrected chi connectivity index (χ4v) is 1.89. The van der Waals surface area contributed by atoms with E-state index in [-0.39, 0.29) is 0 Å². The molecule has 0 aliphatic heterocycles. The Morgan fingerprint density at radius 1 is 1.00 bits per heavy atom. The second kappa shape index (κ2) is 5.02. The highest BCUT2D eigenvalue weighted by molar-refractivity contribution is 5.81.